The average molecular weight is 501 g/mol. The van der Waals surface area contributed by atoms with Crippen LogP contribution in [0, 0.1) is 0 Å². The Morgan fingerprint density at radius 1 is 0.436 bits per heavy atom. The van der Waals surface area contributed by atoms with E-state index in [1.54, 1.807) is 0 Å². The van der Waals surface area contributed by atoms with E-state index < -0.39 is 0 Å². The van der Waals surface area contributed by atoms with Crippen molar-refractivity contribution in [1.29, 1.82) is 0 Å². The number of rotatable bonds is 4. The molecule has 186 valence electrons. The molecule has 0 fully saturated rings. The predicted molar refractivity (Wildman–Crippen MR) is 165 cm³/mol. The van der Waals surface area contributed by atoms with Crippen molar-refractivity contribution in [3.8, 4) is 33.4 Å². The summed E-state index contributed by atoms with van der Waals surface area (Å²) >= 11 is 0. The van der Waals surface area contributed by atoms with E-state index in [0.717, 1.165) is 11.4 Å². The summed E-state index contributed by atoms with van der Waals surface area (Å²) in [6, 6.07) is 54.3. The Morgan fingerprint density at radius 2 is 0.974 bits per heavy atom. The van der Waals surface area contributed by atoms with Crippen LogP contribution >= 0.6 is 0 Å². The number of anilines is 5. The lowest BCUT2D eigenvalue weighted by Crippen LogP contribution is -2.13. The third-order valence-electron chi connectivity index (χ3n) is 7.63. The number of nitrogens with zero attached hydrogens (tertiary/aromatic N) is 2. The molecule has 0 bridgehead atoms. The lowest BCUT2D eigenvalue weighted by atomic mass is 9.94. The van der Waals surface area contributed by atoms with E-state index in [1.807, 2.05) is 0 Å². The van der Waals surface area contributed by atoms with Crippen LogP contribution in [-0.2, 0) is 0 Å². The summed E-state index contributed by atoms with van der Waals surface area (Å²) in [4.78, 5) is 4.70. The Hall–Kier alpha value is -5.08. The van der Waals surface area contributed by atoms with Crippen LogP contribution in [0.25, 0.3) is 33.4 Å². The molecule has 0 saturated heterocycles. The van der Waals surface area contributed by atoms with Gasteiger partial charge < -0.3 is 9.80 Å². The van der Waals surface area contributed by atoms with E-state index in [9.17, 15) is 0 Å². The van der Waals surface area contributed by atoms with Gasteiger partial charge in [0.05, 0.1) is 11.4 Å². The van der Waals surface area contributed by atoms with Crippen LogP contribution in [0.2, 0.25) is 0 Å². The van der Waals surface area contributed by atoms with Crippen molar-refractivity contribution >= 4 is 28.4 Å². The highest BCUT2D eigenvalue weighted by Gasteiger charge is 2.26. The van der Waals surface area contributed by atoms with Gasteiger partial charge in [0.1, 0.15) is 0 Å². The zero-order chi connectivity index (χ0) is 26.2. The Morgan fingerprint density at radius 3 is 1.72 bits per heavy atom. The lowest BCUT2D eigenvalue weighted by molar-refractivity contribution is 1.20. The van der Waals surface area contributed by atoms with Gasteiger partial charge in [-0.1, -0.05) is 109 Å². The first kappa shape index (κ1) is 23.1. The van der Waals surface area contributed by atoms with Gasteiger partial charge in [-0.3, -0.25) is 0 Å². The number of benzene rings is 6. The molecule has 0 saturated carbocycles. The molecule has 1 aliphatic rings. The summed E-state index contributed by atoms with van der Waals surface area (Å²) < 4.78 is 0. The molecule has 2 heteroatoms. The molecule has 0 radical (unpaired) electrons. The first-order valence-corrected chi connectivity index (χ1v) is 13.4. The van der Waals surface area contributed by atoms with E-state index >= 15 is 0 Å². The summed E-state index contributed by atoms with van der Waals surface area (Å²) in [7, 11) is 2.16. The zero-order valence-corrected chi connectivity index (χ0v) is 21.8. The molecule has 0 aliphatic carbocycles. The fraction of sp³-hybridized carbons (Fsp3) is 0.0270. The van der Waals surface area contributed by atoms with Crippen LogP contribution in [0.4, 0.5) is 28.4 Å². The predicted octanol–water partition coefficient (Wildman–Crippen LogP) is 10.2. The minimum Gasteiger partial charge on any atom is -0.344 e. The van der Waals surface area contributed by atoms with Gasteiger partial charge >= 0.3 is 0 Å². The minimum atomic E-state index is 1.14. The molecule has 0 amide bonds. The second kappa shape index (κ2) is 9.66. The van der Waals surface area contributed by atoms with Gasteiger partial charge in [0.2, 0.25) is 0 Å². The summed E-state index contributed by atoms with van der Waals surface area (Å²) in [5.74, 6) is 0. The van der Waals surface area contributed by atoms with Gasteiger partial charge in [0.25, 0.3) is 0 Å². The van der Waals surface area contributed by atoms with Gasteiger partial charge in [-0.05, 0) is 59.2 Å². The van der Waals surface area contributed by atoms with E-state index in [1.165, 1.54) is 50.4 Å². The molecule has 1 heterocycles. The van der Waals surface area contributed by atoms with Gasteiger partial charge in [0.15, 0.2) is 0 Å². The maximum atomic E-state index is 2.40. The van der Waals surface area contributed by atoms with Crippen molar-refractivity contribution in [2.45, 2.75) is 0 Å². The summed E-state index contributed by atoms with van der Waals surface area (Å²) in [6.45, 7) is 0. The van der Waals surface area contributed by atoms with E-state index in [0.29, 0.717) is 0 Å². The quantitative estimate of drug-likeness (QED) is 0.237. The Balaban J connectivity index is 1.44. The molecular formula is C37H28N2. The molecule has 0 atom stereocenters. The highest BCUT2D eigenvalue weighted by Crippen LogP contribution is 2.51. The average Bonchev–Trinajstić information content (AvgIpc) is 3.14. The summed E-state index contributed by atoms with van der Waals surface area (Å²) in [5.41, 5.74) is 13.2. The highest BCUT2D eigenvalue weighted by atomic mass is 15.2. The first-order chi connectivity index (χ1) is 19.3. The summed E-state index contributed by atoms with van der Waals surface area (Å²) in [6.07, 6.45) is 0. The van der Waals surface area contributed by atoms with Gasteiger partial charge in [-0.2, -0.15) is 0 Å². The molecule has 0 unspecified atom stereocenters. The third kappa shape index (κ3) is 3.98. The van der Waals surface area contributed by atoms with Gasteiger partial charge in [-0.15, -0.1) is 0 Å². The van der Waals surface area contributed by atoms with Crippen molar-refractivity contribution < 1.29 is 0 Å². The molecule has 1 aliphatic heterocycles. The minimum absolute atomic E-state index is 1.14. The number of hydrogen-bond donors (Lipinski definition) is 0. The molecule has 6 aromatic rings. The van der Waals surface area contributed by atoms with Crippen LogP contribution in [0.5, 0.6) is 0 Å². The molecule has 6 aromatic carbocycles. The molecule has 7 rings (SSSR count). The second-order valence-corrected chi connectivity index (χ2v) is 9.88. The number of fused-ring (bicyclic) bond motifs is 5. The fourth-order valence-corrected chi connectivity index (χ4v) is 5.74. The largest absolute Gasteiger partial charge is 0.344 e. The van der Waals surface area contributed by atoms with E-state index in [4.69, 9.17) is 0 Å². The van der Waals surface area contributed by atoms with Crippen LogP contribution < -0.4 is 9.80 Å². The molecule has 0 spiro atoms. The number of para-hydroxylation sites is 3. The molecule has 2 nitrogen and oxygen atoms in total. The smallest absolute Gasteiger partial charge is 0.0542 e. The first-order valence-electron chi connectivity index (χ1n) is 13.4. The SMILES string of the molecule is CN(c1ccc2c(c1)-c1ccccc1-c1ccccc1N2c1ccccc1)c1ccccc1-c1ccccc1. The molecule has 0 N–H and O–H groups in total. The van der Waals surface area contributed by atoms with E-state index in [2.05, 4.69) is 169 Å². The highest BCUT2D eigenvalue weighted by molar-refractivity contribution is 6.03. The number of hydrogen-bond acceptors (Lipinski definition) is 2. The summed E-state index contributed by atoms with van der Waals surface area (Å²) in [5, 5.41) is 0. The van der Waals surface area contributed by atoms with Crippen molar-refractivity contribution in [3.63, 3.8) is 0 Å². The Bertz CT molecular complexity index is 1770. The standard InChI is InChI=1S/C37H28N2/c1-38(35-22-12-10-18-30(35)27-14-4-2-5-15-27)29-24-25-37-34(26-29)32-20-9-8-19-31(32)33-21-11-13-23-36(33)39(37)28-16-6-3-7-17-28/h2-26H,1H3. The van der Waals surface area contributed by atoms with Crippen LogP contribution in [-0.4, -0.2) is 7.05 Å². The van der Waals surface area contributed by atoms with Crippen LogP contribution in [0.1, 0.15) is 0 Å². The third-order valence-corrected chi connectivity index (χ3v) is 7.63. The molecule has 39 heavy (non-hydrogen) atoms. The van der Waals surface area contributed by atoms with Gasteiger partial charge in [0, 0.05) is 40.8 Å². The van der Waals surface area contributed by atoms with Crippen LogP contribution in [0.15, 0.2) is 152 Å². The van der Waals surface area contributed by atoms with Crippen molar-refractivity contribution in [2.24, 2.45) is 0 Å². The van der Waals surface area contributed by atoms with Crippen LogP contribution in [0.3, 0.4) is 0 Å². The topological polar surface area (TPSA) is 6.48 Å². The fourth-order valence-electron chi connectivity index (χ4n) is 5.74. The maximum absolute atomic E-state index is 2.40. The Kier molecular flexibility index (Phi) is 5.71. The van der Waals surface area contributed by atoms with Crippen molar-refractivity contribution in [1.82, 2.24) is 0 Å². The maximum Gasteiger partial charge on any atom is 0.0542 e. The lowest BCUT2D eigenvalue weighted by Gasteiger charge is -2.29. The second-order valence-electron chi connectivity index (χ2n) is 9.88. The molecule has 0 aromatic heterocycles. The van der Waals surface area contributed by atoms with Crippen molar-refractivity contribution in [3.05, 3.63) is 152 Å². The van der Waals surface area contributed by atoms with E-state index in [-0.39, 0.29) is 0 Å². The van der Waals surface area contributed by atoms with Gasteiger partial charge in [-0.25, -0.2) is 0 Å². The zero-order valence-electron chi connectivity index (χ0n) is 21.8. The molecular weight excluding hydrogens is 472 g/mol. The Labute approximate surface area is 230 Å². The monoisotopic (exact) mass is 500 g/mol. The van der Waals surface area contributed by atoms with Crippen molar-refractivity contribution in [2.75, 3.05) is 16.8 Å². The normalized spacial score (nSPS) is 11.7.